The number of ketones is 1. The number of hydrogen-bond donors (Lipinski definition) is 0. The van der Waals surface area contributed by atoms with Crippen LogP contribution < -0.4 is 4.74 Å². The molecule has 0 spiro atoms. The number of ether oxygens (including phenoxy) is 1. The van der Waals surface area contributed by atoms with Crippen molar-refractivity contribution in [3.63, 3.8) is 0 Å². The Morgan fingerprint density at radius 3 is 2.96 bits per heavy atom. The van der Waals surface area contributed by atoms with E-state index in [9.17, 15) is 4.79 Å². The number of carbonyl (C=O) groups is 1. The number of carbonyl (C=O) groups excluding carboxylic acids is 1. The summed E-state index contributed by atoms with van der Waals surface area (Å²) in [5, 5.41) is 0. The molecule has 126 valence electrons. The number of benzene rings is 1. The maximum Gasteiger partial charge on any atom is 0.162 e. The first-order valence-corrected chi connectivity index (χ1v) is 9.07. The van der Waals surface area contributed by atoms with Gasteiger partial charge in [-0.1, -0.05) is 25.1 Å². The smallest absolute Gasteiger partial charge is 0.162 e. The van der Waals surface area contributed by atoms with Crippen molar-refractivity contribution in [2.45, 2.75) is 44.9 Å². The van der Waals surface area contributed by atoms with E-state index in [2.05, 4.69) is 37.8 Å². The molecule has 1 fully saturated rings. The molecule has 0 amide bonds. The third-order valence-corrected chi connectivity index (χ3v) is 7.16. The van der Waals surface area contributed by atoms with Crippen molar-refractivity contribution in [2.75, 3.05) is 7.11 Å². The summed E-state index contributed by atoms with van der Waals surface area (Å²) >= 11 is 0. The summed E-state index contributed by atoms with van der Waals surface area (Å²) in [4.78, 5) is 12.7. The molecule has 3 aliphatic rings. The van der Waals surface area contributed by atoms with Crippen LogP contribution in [0, 0.1) is 16.7 Å². The quantitative estimate of drug-likeness (QED) is 0.744. The van der Waals surface area contributed by atoms with E-state index in [-0.39, 0.29) is 10.8 Å². The van der Waals surface area contributed by atoms with Gasteiger partial charge in [-0.2, -0.15) is 0 Å². The first-order chi connectivity index (χ1) is 11.6. The fourth-order valence-electron chi connectivity index (χ4n) is 5.83. The number of methoxy groups -OCH3 is 1. The van der Waals surface area contributed by atoms with Gasteiger partial charge in [0.25, 0.3) is 0 Å². The molecule has 0 bridgehead atoms. The first-order valence-electron chi connectivity index (χ1n) is 9.07. The molecule has 1 saturated carbocycles. The van der Waals surface area contributed by atoms with Crippen LogP contribution in [0.3, 0.4) is 0 Å². The molecule has 1 aromatic carbocycles. The lowest BCUT2D eigenvalue weighted by Gasteiger charge is -2.56. The second-order valence-electron chi connectivity index (χ2n) is 7.92. The minimum Gasteiger partial charge on any atom is -0.497 e. The van der Waals surface area contributed by atoms with Gasteiger partial charge in [0, 0.05) is 10.8 Å². The second-order valence-corrected chi connectivity index (χ2v) is 7.92. The Morgan fingerprint density at radius 2 is 2.21 bits per heavy atom. The van der Waals surface area contributed by atoms with Crippen LogP contribution in [0.5, 0.6) is 5.75 Å². The molecule has 0 unspecified atom stereocenters. The van der Waals surface area contributed by atoms with Crippen molar-refractivity contribution in [1.29, 1.82) is 0 Å². The maximum atomic E-state index is 12.7. The minimum atomic E-state index is -0.244. The summed E-state index contributed by atoms with van der Waals surface area (Å²) in [6.07, 6.45) is 11.3. The Labute approximate surface area is 144 Å². The van der Waals surface area contributed by atoms with E-state index in [1.54, 1.807) is 7.11 Å². The average Bonchev–Trinajstić information content (AvgIpc) is 2.86. The standard InChI is InChI=1S/C22H26O2/c1-4-11-22-13-10-20(23)21(22,2)12-9-18-17-7-6-16(24-3)14-15(17)5-8-19(18)22/h4,6-7,10,13-14,18-19H,1,5,8-9,11-12H2,2-3H3/t18-,19+,21-,22-/m1/s1. The summed E-state index contributed by atoms with van der Waals surface area (Å²) in [6, 6.07) is 6.55. The summed E-state index contributed by atoms with van der Waals surface area (Å²) in [5.41, 5.74) is 2.62. The summed E-state index contributed by atoms with van der Waals surface area (Å²) in [6.45, 7) is 6.20. The molecule has 4 rings (SSSR count). The van der Waals surface area contributed by atoms with Gasteiger partial charge >= 0.3 is 0 Å². The Hall–Kier alpha value is -1.83. The summed E-state index contributed by atoms with van der Waals surface area (Å²) < 4.78 is 5.41. The molecule has 2 heteroatoms. The van der Waals surface area contributed by atoms with E-state index in [0.717, 1.165) is 37.9 Å². The number of rotatable bonds is 3. The van der Waals surface area contributed by atoms with Crippen molar-refractivity contribution in [1.82, 2.24) is 0 Å². The van der Waals surface area contributed by atoms with Gasteiger partial charge in [-0.25, -0.2) is 0 Å². The zero-order valence-electron chi connectivity index (χ0n) is 14.7. The van der Waals surface area contributed by atoms with Crippen LogP contribution in [0.4, 0.5) is 0 Å². The molecule has 0 saturated heterocycles. The van der Waals surface area contributed by atoms with Gasteiger partial charge in [0.15, 0.2) is 5.78 Å². The Kier molecular flexibility index (Phi) is 3.49. The van der Waals surface area contributed by atoms with Gasteiger partial charge in [-0.3, -0.25) is 4.79 Å². The minimum absolute atomic E-state index is 0.0492. The van der Waals surface area contributed by atoms with E-state index in [1.165, 1.54) is 11.1 Å². The van der Waals surface area contributed by atoms with Gasteiger partial charge in [0.05, 0.1) is 7.11 Å². The molecule has 0 aromatic heterocycles. The zero-order chi connectivity index (χ0) is 16.9. The van der Waals surface area contributed by atoms with Crippen molar-refractivity contribution in [3.05, 3.63) is 54.1 Å². The normalized spacial score (nSPS) is 36.7. The molecule has 0 aliphatic heterocycles. The molecule has 0 N–H and O–H groups in total. The van der Waals surface area contributed by atoms with E-state index >= 15 is 0 Å². The number of aryl methyl sites for hydroxylation is 1. The Balaban J connectivity index is 1.80. The van der Waals surface area contributed by atoms with Gasteiger partial charge in [0.2, 0.25) is 0 Å². The molecule has 0 radical (unpaired) electrons. The molecule has 3 aliphatic carbocycles. The Morgan fingerprint density at radius 1 is 1.38 bits per heavy atom. The number of fused-ring (bicyclic) bond motifs is 5. The van der Waals surface area contributed by atoms with E-state index in [1.807, 2.05) is 12.2 Å². The topological polar surface area (TPSA) is 26.3 Å². The van der Waals surface area contributed by atoms with Gasteiger partial charge in [-0.15, -0.1) is 6.58 Å². The molecular weight excluding hydrogens is 296 g/mol. The lowest BCUT2D eigenvalue weighted by molar-refractivity contribution is -0.133. The van der Waals surface area contributed by atoms with Crippen LogP contribution in [0.25, 0.3) is 0 Å². The number of allylic oxidation sites excluding steroid dienone is 3. The highest BCUT2D eigenvalue weighted by atomic mass is 16.5. The van der Waals surface area contributed by atoms with Crippen molar-refractivity contribution in [2.24, 2.45) is 16.7 Å². The van der Waals surface area contributed by atoms with Crippen molar-refractivity contribution < 1.29 is 9.53 Å². The summed E-state index contributed by atoms with van der Waals surface area (Å²) in [7, 11) is 1.73. The predicted molar refractivity (Wildman–Crippen MR) is 96.3 cm³/mol. The van der Waals surface area contributed by atoms with Crippen molar-refractivity contribution in [3.8, 4) is 5.75 Å². The van der Waals surface area contributed by atoms with E-state index < -0.39 is 0 Å². The first kappa shape index (κ1) is 15.7. The Bertz CT molecular complexity index is 731. The lowest BCUT2D eigenvalue weighted by Crippen LogP contribution is -2.51. The maximum absolute atomic E-state index is 12.7. The van der Waals surface area contributed by atoms with Gasteiger partial charge in [-0.05, 0) is 73.3 Å². The monoisotopic (exact) mass is 322 g/mol. The van der Waals surface area contributed by atoms with Crippen LogP contribution >= 0.6 is 0 Å². The van der Waals surface area contributed by atoms with Crippen LogP contribution in [0.2, 0.25) is 0 Å². The molecule has 1 aromatic rings. The molecule has 2 nitrogen and oxygen atoms in total. The largest absolute Gasteiger partial charge is 0.497 e. The van der Waals surface area contributed by atoms with Crippen molar-refractivity contribution >= 4 is 5.78 Å². The van der Waals surface area contributed by atoms with E-state index in [0.29, 0.717) is 17.6 Å². The average molecular weight is 322 g/mol. The SMILES string of the molecule is C=CC[C@]12C=CC(=O)[C@@]1(C)CC[C@@H]1c3ccc(OC)cc3CC[C@@H]12. The highest BCUT2D eigenvalue weighted by Crippen LogP contribution is 2.66. The van der Waals surface area contributed by atoms with Gasteiger partial charge < -0.3 is 4.74 Å². The highest BCUT2D eigenvalue weighted by Gasteiger charge is 2.61. The fourth-order valence-corrected chi connectivity index (χ4v) is 5.83. The number of hydrogen-bond acceptors (Lipinski definition) is 2. The third kappa shape index (κ3) is 1.86. The lowest BCUT2D eigenvalue weighted by atomic mass is 9.46. The molecule has 4 atom stereocenters. The third-order valence-electron chi connectivity index (χ3n) is 7.16. The van der Waals surface area contributed by atoms with E-state index in [4.69, 9.17) is 4.74 Å². The van der Waals surface area contributed by atoms with Crippen LogP contribution in [-0.4, -0.2) is 12.9 Å². The van der Waals surface area contributed by atoms with Gasteiger partial charge in [0.1, 0.15) is 5.75 Å². The fraction of sp³-hybridized carbons (Fsp3) is 0.500. The molecular formula is C22H26O2. The van der Waals surface area contributed by atoms with Crippen LogP contribution in [0.15, 0.2) is 43.0 Å². The van der Waals surface area contributed by atoms with Crippen LogP contribution in [-0.2, 0) is 11.2 Å². The van der Waals surface area contributed by atoms with Crippen LogP contribution in [0.1, 0.15) is 49.7 Å². The zero-order valence-corrected chi connectivity index (χ0v) is 14.7. The highest BCUT2D eigenvalue weighted by molar-refractivity contribution is 5.98. The summed E-state index contributed by atoms with van der Waals surface area (Å²) in [5.74, 6) is 2.34. The molecule has 24 heavy (non-hydrogen) atoms. The second kappa shape index (κ2) is 5.34. The predicted octanol–water partition coefficient (Wildman–Crippen LogP) is 4.84. The molecule has 0 heterocycles.